The Morgan fingerprint density at radius 2 is 1.58 bits per heavy atom. The molecule has 0 fully saturated rings. The second kappa shape index (κ2) is 13.7. The van der Waals surface area contributed by atoms with E-state index in [2.05, 4.69) is 6.92 Å². The van der Waals surface area contributed by atoms with Crippen LogP contribution >= 0.6 is 0 Å². The smallest absolute Gasteiger partial charge is 0.302 e. The summed E-state index contributed by atoms with van der Waals surface area (Å²) in [5.74, 6) is -0.310. The summed E-state index contributed by atoms with van der Waals surface area (Å²) in [6.07, 6.45) is 0.846. The van der Waals surface area contributed by atoms with Crippen LogP contribution in [0.3, 0.4) is 0 Å². The monoisotopic (exact) mass is 278 g/mol. The van der Waals surface area contributed by atoms with Crippen LogP contribution in [0.2, 0.25) is 0 Å². The minimum atomic E-state index is -0.310. The van der Waals surface area contributed by atoms with Crippen molar-refractivity contribution in [1.82, 2.24) is 0 Å². The molecule has 0 radical (unpaired) electrons. The maximum Gasteiger partial charge on any atom is 0.302 e. The average Bonchev–Trinajstić information content (AvgIpc) is 2.38. The zero-order valence-corrected chi connectivity index (χ0v) is 12.2. The molecule has 0 aromatic carbocycles. The largest absolute Gasteiger partial charge is 0.463 e. The van der Waals surface area contributed by atoms with Gasteiger partial charge in [0.15, 0.2) is 0 Å². The molecule has 0 bridgehead atoms. The van der Waals surface area contributed by atoms with Gasteiger partial charge in [0, 0.05) is 13.5 Å². The van der Waals surface area contributed by atoms with Crippen molar-refractivity contribution >= 4 is 5.97 Å². The molecule has 0 aliphatic rings. The molecule has 0 N–H and O–H groups in total. The van der Waals surface area contributed by atoms with Crippen LogP contribution in [0.4, 0.5) is 0 Å². The zero-order valence-electron chi connectivity index (χ0n) is 12.2. The van der Waals surface area contributed by atoms with E-state index in [-0.39, 0.29) is 25.5 Å². The van der Waals surface area contributed by atoms with Gasteiger partial charge in [-0.1, -0.05) is 6.92 Å². The molecular weight excluding hydrogens is 252 g/mol. The number of carbonyl (C=O) groups excluding carboxylic acids is 1. The Morgan fingerprint density at radius 3 is 2.16 bits per heavy atom. The van der Waals surface area contributed by atoms with Crippen molar-refractivity contribution in [3.8, 4) is 0 Å². The highest BCUT2D eigenvalue weighted by Crippen LogP contribution is 1.93. The SMILES string of the molecule is CCCOCCOCCOCOC(C)COC(C)=O. The summed E-state index contributed by atoms with van der Waals surface area (Å²) in [6, 6.07) is 0. The van der Waals surface area contributed by atoms with E-state index in [1.165, 1.54) is 6.92 Å². The molecule has 0 saturated heterocycles. The minimum absolute atomic E-state index is 0.165. The van der Waals surface area contributed by atoms with Gasteiger partial charge in [-0.25, -0.2) is 0 Å². The Bertz CT molecular complexity index is 209. The van der Waals surface area contributed by atoms with Gasteiger partial charge in [0.05, 0.1) is 32.5 Å². The van der Waals surface area contributed by atoms with Crippen LogP contribution in [-0.2, 0) is 28.5 Å². The van der Waals surface area contributed by atoms with Gasteiger partial charge in [-0.3, -0.25) is 4.79 Å². The van der Waals surface area contributed by atoms with Gasteiger partial charge in [-0.2, -0.15) is 0 Å². The van der Waals surface area contributed by atoms with Crippen LogP contribution in [0.15, 0.2) is 0 Å². The molecule has 0 aliphatic carbocycles. The van der Waals surface area contributed by atoms with Gasteiger partial charge in [-0.05, 0) is 13.3 Å². The zero-order chi connectivity index (χ0) is 14.3. The molecule has 0 spiro atoms. The molecule has 1 atom stereocenters. The van der Waals surface area contributed by atoms with Crippen molar-refractivity contribution in [2.45, 2.75) is 33.3 Å². The first kappa shape index (κ1) is 18.3. The van der Waals surface area contributed by atoms with Gasteiger partial charge < -0.3 is 23.7 Å². The number of hydrogen-bond donors (Lipinski definition) is 0. The highest BCUT2D eigenvalue weighted by atomic mass is 16.7. The summed E-state index contributed by atoms with van der Waals surface area (Å²) in [5, 5.41) is 0. The Morgan fingerprint density at radius 1 is 1.00 bits per heavy atom. The quantitative estimate of drug-likeness (QED) is 0.288. The van der Waals surface area contributed by atoms with Gasteiger partial charge in [0.25, 0.3) is 0 Å². The molecule has 0 aromatic rings. The highest BCUT2D eigenvalue weighted by molar-refractivity contribution is 5.65. The Kier molecular flexibility index (Phi) is 13.2. The lowest BCUT2D eigenvalue weighted by molar-refractivity contribution is -0.150. The number of carbonyl (C=O) groups is 1. The van der Waals surface area contributed by atoms with E-state index in [4.69, 9.17) is 23.7 Å². The fraction of sp³-hybridized carbons (Fsp3) is 0.923. The van der Waals surface area contributed by atoms with Gasteiger partial charge in [0.1, 0.15) is 13.4 Å². The first-order valence-corrected chi connectivity index (χ1v) is 6.65. The molecule has 0 amide bonds. The van der Waals surface area contributed by atoms with E-state index in [1.54, 1.807) is 0 Å². The first-order valence-electron chi connectivity index (χ1n) is 6.65. The third kappa shape index (κ3) is 15.3. The van der Waals surface area contributed by atoms with Crippen molar-refractivity contribution in [2.75, 3.05) is 46.4 Å². The summed E-state index contributed by atoms with van der Waals surface area (Å²) in [6.45, 7) is 8.59. The van der Waals surface area contributed by atoms with E-state index in [1.807, 2.05) is 6.92 Å². The molecule has 0 rings (SSSR count). The van der Waals surface area contributed by atoms with Crippen molar-refractivity contribution in [1.29, 1.82) is 0 Å². The van der Waals surface area contributed by atoms with Crippen molar-refractivity contribution in [3.05, 3.63) is 0 Å². The molecule has 0 aliphatic heterocycles. The predicted octanol–water partition coefficient (Wildman–Crippen LogP) is 1.37. The lowest BCUT2D eigenvalue weighted by Gasteiger charge is -2.13. The van der Waals surface area contributed by atoms with Crippen LogP contribution in [0.1, 0.15) is 27.2 Å². The van der Waals surface area contributed by atoms with E-state index in [9.17, 15) is 4.79 Å². The van der Waals surface area contributed by atoms with E-state index >= 15 is 0 Å². The predicted molar refractivity (Wildman–Crippen MR) is 69.9 cm³/mol. The molecule has 114 valence electrons. The fourth-order valence-corrected chi connectivity index (χ4v) is 1.09. The summed E-state index contributed by atoms with van der Waals surface area (Å²) < 4.78 is 25.8. The van der Waals surface area contributed by atoms with E-state index < -0.39 is 0 Å². The van der Waals surface area contributed by atoms with Gasteiger partial charge in [0.2, 0.25) is 0 Å². The topological polar surface area (TPSA) is 63.2 Å². The van der Waals surface area contributed by atoms with Crippen LogP contribution in [-0.4, -0.2) is 58.5 Å². The van der Waals surface area contributed by atoms with Crippen molar-refractivity contribution in [3.63, 3.8) is 0 Å². The maximum atomic E-state index is 10.6. The third-order valence-corrected chi connectivity index (χ3v) is 2.05. The second-order valence-electron chi connectivity index (χ2n) is 4.03. The number of esters is 1. The third-order valence-electron chi connectivity index (χ3n) is 2.05. The van der Waals surface area contributed by atoms with Crippen molar-refractivity contribution in [2.24, 2.45) is 0 Å². The van der Waals surface area contributed by atoms with Crippen LogP contribution in [0.5, 0.6) is 0 Å². The van der Waals surface area contributed by atoms with Crippen LogP contribution in [0, 0.1) is 0 Å². The minimum Gasteiger partial charge on any atom is -0.463 e. The molecule has 19 heavy (non-hydrogen) atoms. The Labute approximate surface area is 115 Å². The summed E-state index contributed by atoms with van der Waals surface area (Å²) in [5.41, 5.74) is 0. The molecule has 0 heterocycles. The molecule has 0 aromatic heterocycles. The maximum absolute atomic E-state index is 10.6. The standard InChI is InChI=1S/C13H26O6/c1-4-5-15-6-7-16-8-9-17-11-19-12(2)10-18-13(3)14/h12H,4-11H2,1-3H3. The summed E-state index contributed by atoms with van der Waals surface area (Å²) in [4.78, 5) is 10.6. The fourth-order valence-electron chi connectivity index (χ4n) is 1.09. The molecular formula is C13H26O6. The summed E-state index contributed by atoms with van der Waals surface area (Å²) >= 11 is 0. The molecule has 6 heteroatoms. The highest BCUT2D eigenvalue weighted by Gasteiger charge is 2.03. The average molecular weight is 278 g/mol. The molecule has 6 nitrogen and oxygen atoms in total. The van der Waals surface area contributed by atoms with Crippen molar-refractivity contribution < 1.29 is 28.5 Å². The lowest BCUT2D eigenvalue weighted by Crippen LogP contribution is -2.20. The first-order chi connectivity index (χ1) is 9.16. The second-order valence-corrected chi connectivity index (χ2v) is 4.03. The molecule has 1 unspecified atom stereocenters. The lowest BCUT2D eigenvalue weighted by atomic mass is 10.4. The number of rotatable bonds is 13. The van der Waals surface area contributed by atoms with E-state index in [0.29, 0.717) is 26.4 Å². The number of ether oxygens (including phenoxy) is 5. The normalized spacial score (nSPS) is 12.4. The van der Waals surface area contributed by atoms with Gasteiger partial charge in [-0.15, -0.1) is 0 Å². The Balaban J connectivity index is 3.11. The summed E-state index contributed by atoms with van der Waals surface area (Å²) in [7, 11) is 0. The number of hydrogen-bond acceptors (Lipinski definition) is 6. The molecule has 0 saturated carbocycles. The van der Waals surface area contributed by atoms with Crippen LogP contribution in [0.25, 0.3) is 0 Å². The van der Waals surface area contributed by atoms with Gasteiger partial charge >= 0.3 is 5.97 Å². The van der Waals surface area contributed by atoms with E-state index in [0.717, 1.165) is 13.0 Å². The Hall–Kier alpha value is -0.690. The van der Waals surface area contributed by atoms with Crippen LogP contribution < -0.4 is 0 Å².